The van der Waals surface area contributed by atoms with Crippen molar-refractivity contribution < 1.29 is 28.6 Å². The van der Waals surface area contributed by atoms with Gasteiger partial charge in [-0.15, -0.1) is 0 Å². The summed E-state index contributed by atoms with van der Waals surface area (Å²) in [6.45, 7) is 6.54. The van der Waals surface area contributed by atoms with E-state index in [1.54, 1.807) is 0 Å². The number of hydrogen-bond acceptors (Lipinski definition) is 6. The molecule has 0 aliphatic carbocycles. The summed E-state index contributed by atoms with van der Waals surface area (Å²) in [6.07, 6.45) is 89.0. The monoisotopic (exact) mass is 1100 g/mol. The maximum absolute atomic E-state index is 12.9. The van der Waals surface area contributed by atoms with Crippen molar-refractivity contribution in [1.29, 1.82) is 0 Å². The molecule has 0 radical (unpaired) electrons. The first-order valence-corrected chi connectivity index (χ1v) is 34.1. The van der Waals surface area contributed by atoms with Crippen LogP contribution in [0.4, 0.5) is 0 Å². The molecule has 0 heterocycles. The summed E-state index contributed by atoms with van der Waals surface area (Å²) in [5.74, 6) is -0.867. The topological polar surface area (TPSA) is 78.9 Å². The summed E-state index contributed by atoms with van der Waals surface area (Å²) < 4.78 is 16.9. The largest absolute Gasteiger partial charge is 0.462 e. The predicted octanol–water partition coefficient (Wildman–Crippen LogP) is 23.4. The Morgan fingerprint density at radius 3 is 0.785 bits per heavy atom. The van der Waals surface area contributed by atoms with Crippen molar-refractivity contribution >= 4 is 17.9 Å². The van der Waals surface area contributed by atoms with Crippen LogP contribution in [0.2, 0.25) is 0 Å². The van der Waals surface area contributed by atoms with Gasteiger partial charge in [0.05, 0.1) is 0 Å². The van der Waals surface area contributed by atoms with Gasteiger partial charge in [-0.2, -0.15) is 0 Å². The molecule has 0 bridgehead atoms. The van der Waals surface area contributed by atoms with Crippen molar-refractivity contribution in [3.05, 3.63) is 85.1 Å². The minimum atomic E-state index is -0.777. The fourth-order valence-electron chi connectivity index (χ4n) is 9.80. The Labute approximate surface area is 490 Å². The van der Waals surface area contributed by atoms with Gasteiger partial charge in [-0.25, -0.2) is 0 Å². The number of ether oxygens (including phenoxy) is 3. The van der Waals surface area contributed by atoms with E-state index in [1.165, 1.54) is 205 Å². The van der Waals surface area contributed by atoms with Crippen LogP contribution in [0.1, 0.15) is 342 Å². The average Bonchev–Trinajstić information content (AvgIpc) is 3.45. The molecule has 0 N–H and O–H groups in total. The molecule has 79 heavy (non-hydrogen) atoms. The highest BCUT2D eigenvalue weighted by atomic mass is 16.6. The van der Waals surface area contributed by atoms with Crippen LogP contribution >= 0.6 is 0 Å². The number of esters is 3. The lowest BCUT2D eigenvalue weighted by Gasteiger charge is -2.18. The molecule has 0 fully saturated rings. The van der Waals surface area contributed by atoms with Crippen molar-refractivity contribution in [1.82, 2.24) is 0 Å². The summed E-state index contributed by atoms with van der Waals surface area (Å²) in [5, 5.41) is 0. The molecule has 0 aliphatic heterocycles. The lowest BCUT2D eigenvalue weighted by molar-refractivity contribution is -0.167. The van der Waals surface area contributed by atoms with Gasteiger partial charge in [0.15, 0.2) is 6.10 Å². The number of carbonyl (C=O) groups excluding carboxylic acids is 3. The highest BCUT2D eigenvalue weighted by Gasteiger charge is 2.19. The van der Waals surface area contributed by atoms with Gasteiger partial charge >= 0.3 is 17.9 Å². The summed E-state index contributed by atoms with van der Waals surface area (Å²) in [6, 6.07) is 0. The Hall–Kier alpha value is -3.41. The van der Waals surface area contributed by atoms with Gasteiger partial charge < -0.3 is 14.2 Å². The van der Waals surface area contributed by atoms with Crippen LogP contribution in [0.3, 0.4) is 0 Å². The zero-order valence-corrected chi connectivity index (χ0v) is 52.4. The van der Waals surface area contributed by atoms with Crippen LogP contribution in [-0.4, -0.2) is 37.2 Å². The lowest BCUT2D eigenvalue weighted by atomic mass is 10.0. The van der Waals surface area contributed by atoms with Gasteiger partial charge in [-0.3, -0.25) is 14.4 Å². The Kier molecular flexibility index (Phi) is 64.2. The van der Waals surface area contributed by atoms with Gasteiger partial charge in [0, 0.05) is 19.3 Å². The van der Waals surface area contributed by atoms with E-state index in [4.69, 9.17) is 14.2 Å². The Morgan fingerprint density at radius 2 is 0.494 bits per heavy atom. The minimum absolute atomic E-state index is 0.0742. The van der Waals surface area contributed by atoms with Crippen molar-refractivity contribution in [3.8, 4) is 0 Å². The van der Waals surface area contributed by atoms with E-state index in [2.05, 4.69) is 106 Å². The first kappa shape index (κ1) is 75.6. The highest BCUT2D eigenvalue weighted by molar-refractivity contribution is 5.71. The molecule has 456 valence electrons. The Bertz CT molecular complexity index is 1500. The Morgan fingerprint density at radius 1 is 0.266 bits per heavy atom. The number of allylic oxidation sites excluding steroid dienone is 14. The molecule has 0 aliphatic rings. The second-order valence-corrected chi connectivity index (χ2v) is 22.7. The van der Waals surface area contributed by atoms with Crippen LogP contribution < -0.4 is 0 Å². The number of unbranched alkanes of at least 4 members (excludes halogenated alkanes) is 37. The normalized spacial score (nSPS) is 12.6. The number of hydrogen-bond donors (Lipinski definition) is 0. The van der Waals surface area contributed by atoms with E-state index in [-0.39, 0.29) is 31.1 Å². The third kappa shape index (κ3) is 65.3. The minimum Gasteiger partial charge on any atom is -0.462 e. The van der Waals surface area contributed by atoms with Crippen molar-refractivity contribution in [2.45, 2.75) is 348 Å². The van der Waals surface area contributed by atoms with Crippen LogP contribution in [-0.2, 0) is 28.6 Å². The van der Waals surface area contributed by atoms with E-state index < -0.39 is 6.10 Å². The summed E-state index contributed by atoms with van der Waals surface area (Å²) in [4.78, 5) is 38.3. The first-order valence-electron chi connectivity index (χ1n) is 34.1. The SMILES string of the molecule is CC/C=C\C/C=C\C/C=C\C/C=C\C/C=C\C/C=C\CCCCCCCCCCCCC(=O)OCC(COC(=O)CCCCCCCCCCC)OC(=O)CCCCCCCCCCCCC/C=C\CCCCCCCCCC. The van der Waals surface area contributed by atoms with Crippen LogP contribution in [0.25, 0.3) is 0 Å². The van der Waals surface area contributed by atoms with Gasteiger partial charge in [-0.1, -0.05) is 311 Å². The van der Waals surface area contributed by atoms with Crippen molar-refractivity contribution in [3.63, 3.8) is 0 Å². The number of carbonyl (C=O) groups is 3. The second-order valence-electron chi connectivity index (χ2n) is 22.7. The van der Waals surface area contributed by atoms with Crippen LogP contribution in [0.15, 0.2) is 85.1 Å². The quantitative estimate of drug-likeness (QED) is 0.0261. The van der Waals surface area contributed by atoms with E-state index in [9.17, 15) is 14.4 Å². The summed E-state index contributed by atoms with van der Waals surface area (Å²) in [5.41, 5.74) is 0. The average molecular weight is 1100 g/mol. The third-order valence-electron chi connectivity index (χ3n) is 14.9. The van der Waals surface area contributed by atoms with Crippen LogP contribution in [0, 0.1) is 0 Å². The molecule has 0 aromatic rings. The molecule has 0 saturated heterocycles. The molecule has 1 atom stereocenters. The molecule has 0 saturated carbocycles. The van der Waals surface area contributed by atoms with Crippen molar-refractivity contribution in [2.24, 2.45) is 0 Å². The van der Waals surface area contributed by atoms with E-state index >= 15 is 0 Å². The standard InChI is InChI=1S/C73H128O6/c1-4-7-10-13-16-19-21-23-25-27-29-31-33-34-35-36-37-38-40-41-43-45-47-49-51-54-57-60-63-66-72(75)78-69-70(68-77-71(74)65-62-59-56-53-18-15-12-9-6-3)79-73(76)67-64-61-58-55-52-50-48-46-44-42-39-32-30-28-26-24-22-20-17-14-11-8-5-2/h7,10,16,19,23,25,28-31,34-35,37-38,70H,4-6,8-9,11-15,17-18,20-22,24,26-27,32-33,36,39-69H2,1-3H3/b10-7-,19-16-,25-23-,30-28-,31-29-,35-34-,38-37-. The van der Waals surface area contributed by atoms with E-state index in [0.29, 0.717) is 19.3 Å². The fraction of sp³-hybridized carbons (Fsp3) is 0.767. The number of rotatable bonds is 62. The third-order valence-corrected chi connectivity index (χ3v) is 14.9. The fourth-order valence-corrected chi connectivity index (χ4v) is 9.80. The van der Waals surface area contributed by atoms with Gasteiger partial charge in [0.25, 0.3) is 0 Å². The van der Waals surface area contributed by atoms with Gasteiger partial charge in [-0.05, 0) is 96.3 Å². The molecule has 0 aromatic carbocycles. The van der Waals surface area contributed by atoms with E-state index in [1.807, 2.05) is 0 Å². The zero-order valence-electron chi connectivity index (χ0n) is 52.4. The second kappa shape index (κ2) is 67.1. The van der Waals surface area contributed by atoms with Crippen molar-refractivity contribution in [2.75, 3.05) is 13.2 Å². The smallest absolute Gasteiger partial charge is 0.306 e. The van der Waals surface area contributed by atoms with Gasteiger partial charge in [0.2, 0.25) is 0 Å². The maximum Gasteiger partial charge on any atom is 0.306 e. The molecule has 6 heteroatoms. The molecule has 0 rings (SSSR count). The Balaban J connectivity index is 4.18. The highest BCUT2D eigenvalue weighted by Crippen LogP contribution is 2.17. The maximum atomic E-state index is 12.9. The molecule has 1 unspecified atom stereocenters. The first-order chi connectivity index (χ1) is 39.0. The molecule has 6 nitrogen and oxygen atoms in total. The predicted molar refractivity (Wildman–Crippen MR) is 344 cm³/mol. The summed E-state index contributed by atoms with van der Waals surface area (Å²) in [7, 11) is 0. The molecule has 0 spiro atoms. The van der Waals surface area contributed by atoms with Gasteiger partial charge in [0.1, 0.15) is 13.2 Å². The molecular weight excluding hydrogens is 973 g/mol. The van der Waals surface area contributed by atoms with E-state index in [0.717, 1.165) is 96.3 Å². The zero-order chi connectivity index (χ0) is 57.1. The molecule has 0 aromatic heterocycles. The molecular formula is C73H128O6. The van der Waals surface area contributed by atoms with Crippen LogP contribution in [0.5, 0.6) is 0 Å². The summed E-state index contributed by atoms with van der Waals surface area (Å²) >= 11 is 0. The lowest BCUT2D eigenvalue weighted by Crippen LogP contribution is -2.30. The molecule has 0 amide bonds.